The van der Waals surface area contributed by atoms with Crippen LogP contribution in [0.5, 0.6) is 0 Å². The van der Waals surface area contributed by atoms with Gasteiger partial charge in [-0.05, 0) is 47.1 Å². The van der Waals surface area contributed by atoms with Crippen LogP contribution < -0.4 is 5.73 Å². The Hall–Kier alpha value is -0.860. The number of hydrogen-bond donors (Lipinski definition) is 1. The lowest BCUT2D eigenvalue weighted by molar-refractivity contribution is 0.344. The van der Waals surface area contributed by atoms with E-state index in [2.05, 4.69) is 36.6 Å². The Morgan fingerprint density at radius 1 is 1.33 bits per heavy atom. The topological polar surface area (TPSA) is 26.0 Å². The van der Waals surface area contributed by atoms with Crippen molar-refractivity contribution >= 4 is 21.4 Å². The first-order chi connectivity index (χ1) is 8.75. The van der Waals surface area contributed by atoms with Gasteiger partial charge in [-0.15, -0.1) is 11.3 Å². The second-order valence-corrected chi connectivity index (χ2v) is 6.61. The number of fused-ring (bicyclic) bond motifs is 1. The molecule has 0 bridgehead atoms. The third-order valence-electron chi connectivity index (χ3n) is 4.49. The molecule has 1 aromatic carbocycles. The monoisotopic (exact) mass is 259 g/mol. The van der Waals surface area contributed by atoms with Gasteiger partial charge in [0.25, 0.3) is 0 Å². The molecule has 2 heteroatoms. The van der Waals surface area contributed by atoms with Crippen molar-refractivity contribution in [3.8, 4) is 0 Å². The number of nitrogens with two attached hydrogens (primary N) is 1. The van der Waals surface area contributed by atoms with E-state index in [0.717, 1.165) is 18.3 Å². The van der Waals surface area contributed by atoms with E-state index in [1.807, 2.05) is 11.3 Å². The fourth-order valence-electron chi connectivity index (χ4n) is 3.41. The van der Waals surface area contributed by atoms with E-state index in [-0.39, 0.29) is 0 Å². The van der Waals surface area contributed by atoms with E-state index in [9.17, 15) is 0 Å². The smallest absolute Gasteiger partial charge is 0.0345 e. The minimum Gasteiger partial charge on any atom is -0.327 e. The molecule has 3 unspecified atom stereocenters. The molecule has 1 nitrogen and oxygen atoms in total. The van der Waals surface area contributed by atoms with Gasteiger partial charge in [0.15, 0.2) is 0 Å². The molecule has 3 atom stereocenters. The zero-order chi connectivity index (χ0) is 12.5. The number of hydrogen-bond acceptors (Lipinski definition) is 2. The van der Waals surface area contributed by atoms with Crippen LogP contribution in [0.3, 0.4) is 0 Å². The standard InChI is InChI=1S/C16H21NS/c1-11-5-4-7-13(11)15(17)9-12-10-18-16-8-3-2-6-14(12)16/h2-3,6,8,10-11,13,15H,4-5,7,9,17H2,1H3. The average molecular weight is 259 g/mol. The van der Waals surface area contributed by atoms with Gasteiger partial charge in [0, 0.05) is 10.7 Å². The summed E-state index contributed by atoms with van der Waals surface area (Å²) in [6.45, 7) is 2.36. The molecule has 96 valence electrons. The zero-order valence-electron chi connectivity index (χ0n) is 10.9. The maximum Gasteiger partial charge on any atom is 0.0345 e. The summed E-state index contributed by atoms with van der Waals surface area (Å²) >= 11 is 1.84. The van der Waals surface area contributed by atoms with E-state index in [1.165, 1.54) is 34.9 Å². The summed E-state index contributed by atoms with van der Waals surface area (Å²) in [6, 6.07) is 9.00. The first-order valence-corrected chi connectivity index (χ1v) is 7.84. The highest BCUT2D eigenvalue weighted by Crippen LogP contribution is 2.35. The van der Waals surface area contributed by atoms with Crippen molar-refractivity contribution in [1.82, 2.24) is 0 Å². The lowest BCUT2D eigenvalue weighted by Gasteiger charge is -2.23. The average Bonchev–Trinajstić information content (AvgIpc) is 2.97. The van der Waals surface area contributed by atoms with Crippen molar-refractivity contribution in [2.75, 3.05) is 0 Å². The molecule has 0 amide bonds. The minimum absolute atomic E-state index is 0.334. The molecule has 1 aromatic heterocycles. The van der Waals surface area contributed by atoms with Gasteiger partial charge >= 0.3 is 0 Å². The molecule has 0 radical (unpaired) electrons. The molecule has 3 rings (SSSR count). The van der Waals surface area contributed by atoms with Gasteiger partial charge in [0.05, 0.1) is 0 Å². The van der Waals surface area contributed by atoms with Gasteiger partial charge < -0.3 is 5.73 Å². The summed E-state index contributed by atoms with van der Waals surface area (Å²) in [5.74, 6) is 1.54. The number of thiophene rings is 1. The number of rotatable bonds is 3. The second-order valence-electron chi connectivity index (χ2n) is 5.70. The molecule has 1 fully saturated rings. The van der Waals surface area contributed by atoms with Crippen LogP contribution in [0.2, 0.25) is 0 Å². The van der Waals surface area contributed by atoms with E-state index in [0.29, 0.717) is 6.04 Å². The Bertz CT molecular complexity index is 531. The minimum atomic E-state index is 0.334. The van der Waals surface area contributed by atoms with Gasteiger partial charge in [-0.3, -0.25) is 0 Å². The summed E-state index contributed by atoms with van der Waals surface area (Å²) in [7, 11) is 0. The predicted molar refractivity (Wildman–Crippen MR) is 80.0 cm³/mol. The summed E-state index contributed by atoms with van der Waals surface area (Å²) in [4.78, 5) is 0. The van der Waals surface area contributed by atoms with Gasteiger partial charge in [0.1, 0.15) is 0 Å². The Morgan fingerprint density at radius 3 is 2.94 bits per heavy atom. The normalized spacial score (nSPS) is 25.7. The fraction of sp³-hybridized carbons (Fsp3) is 0.500. The largest absolute Gasteiger partial charge is 0.327 e. The lowest BCUT2D eigenvalue weighted by Crippen LogP contribution is -2.33. The summed E-state index contributed by atoms with van der Waals surface area (Å²) in [5, 5.41) is 3.70. The quantitative estimate of drug-likeness (QED) is 0.878. The lowest BCUT2D eigenvalue weighted by atomic mass is 9.87. The van der Waals surface area contributed by atoms with Gasteiger partial charge in [-0.2, -0.15) is 0 Å². The van der Waals surface area contributed by atoms with Crippen molar-refractivity contribution < 1.29 is 0 Å². The molecule has 0 spiro atoms. The summed E-state index contributed by atoms with van der Waals surface area (Å²) in [5.41, 5.74) is 7.90. The first kappa shape index (κ1) is 12.2. The Labute approximate surface area is 113 Å². The van der Waals surface area contributed by atoms with Gasteiger partial charge in [-0.1, -0.05) is 38.0 Å². The fourth-order valence-corrected chi connectivity index (χ4v) is 4.38. The van der Waals surface area contributed by atoms with Crippen molar-refractivity contribution in [3.05, 3.63) is 35.2 Å². The van der Waals surface area contributed by atoms with Crippen molar-refractivity contribution in [2.45, 2.75) is 38.6 Å². The zero-order valence-corrected chi connectivity index (χ0v) is 11.7. The molecule has 0 saturated heterocycles. The highest BCUT2D eigenvalue weighted by molar-refractivity contribution is 7.17. The molecule has 1 aliphatic carbocycles. The molecular weight excluding hydrogens is 238 g/mol. The molecule has 1 aliphatic rings. The van der Waals surface area contributed by atoms with Crippen LogP contribution in [0.4, 0.5) is 0 Å². The van der Waals surface area contributed by atoms with Crippen LogP contribution in [-0.2, 0) is 6.42 Å². The van der Waals surface area contributed by atoms with Gasteiger partial charge in [0.2, 0.25) is 0 Å². The first-order valence-electron chi connectivity index (χ1n) is 6.96. The SMILES string of the molecule is CC1CCCC1C(N)Cc1csc2ccccc12. The second kappa shape index (κ2) is 5.02. The molecule has 2 aromatic rings. The van der Waals surface area contributed by atoms with E-state index in [4.69, 9.17) is 5.73 Å². The third kappa shape index (κ3) is 2.19. The highest BCUT2D eigenvalue weighted by atomic mass is 32.1. The maximum absolute atomic E-state index is 6.46. The highest BCUT2D eigenvalue weighted by Gasteiger charge is 2.28. The van der Waals surface area contributed by atoms with Crippen LogP contribution in [0.25, 0.3) is 10.1 Å². The van der Waals surface area contributed by atoms with Crippen LogP contribution in [-0.4, -0.2) is 6.04 Å². The third-order valence-corrected chi connectivity index (χ3v) is 5.51. The van der Waals surface area contributed by atoms with Crippen LogP contribution in [0.1, 0.15) is 31.7 Å². The Kier molecular flexibility index (Phi) is 3.40. The van der Waals surface area contributed by atoms with Crippen molar-refractivity contribution in [1.29, 1.82) is 0 Å². The predicted octanol–water partition coefficient (Wildman–Crippen LogP) is 4.21. The molecule has 2 N–H and O–H groups in total. The Balaban J connectivity index is 1.79. The van der Waals surface area contributed by atoms with E-state index < -0.39 is 0 Å². The molecular formula is C16H21NS. The van der Waals surface area contributed by atoms with Crippen molar-refractivity contribution in [3.63, 3.8) is 0 Å². The molecule has 1 heterocycles. The van der Waals surface area contributed by atoms with E-state index in [1.54, 1.807) is 0 Å². The molecule has 1 saturated carbocycles. The summed E-state index contributed by atoms with van der Waals surface area (Å²) < 4.78 is 1.39. The van der Waals surface area contributed by atoms with E-state index >= 15 is 0 Å². The maximum atomic E-state index is 6.46. The molecule has 0 aliphatic heterocycles. The van der Waals surface area contributed by atoms with Crippen LogP contribution in [0, 0.1) is 11.8 Å². The number of benzene rings is 1. The van der Waals surface area contributed by atoms with Gasteiger partial charge in [-0.25, -0.2) is 0 Å². The van der Waals surface area contributed by atoms with Crippen molar-refractivity contribution in [2.24, 2.45) is 17.6 Å². The van der Waals surface area contributed by atoms with Crippen LogP contribution in [0.15, 0.2) is 29.6 Å². The summed E-state index contributed by atoms with van der Waals surface area (Å²) in [6.07, 6.45) is 5.09. The Morgan fingerprint density at radius 2 is 2.17 bits per heavy atom. The molecule has 18 heavy (non-hydrogen) atoms. The van der Waals surface area contributed by atoms with Crippen LogP contribution >= 0.6 is 11.3 Å².